The van der Waals surface area contributed by atoms with Crippen molar-refractivity contribution in [1.29, 1.82) is 0 Å². The summed E-state index contributed by atoms with van der Waals surface area (Å²) >= 11 is 1.81. The van der Waals surface area contributed by atoms with Crippen LogP contribution >= 0.6 is 11.8 Å². The molecule has 2 atom stereocenters. The van der Waals surface area contributed by atoms with E-state index in [-0.39, 0.29) is 17.9 Å². The molecule has 1 fully saturated rings. The average Bonchev–Trinajstić information content (AvgIpc) is 3.08. The summed E-state index contributed by atoms with van der Waals surface area (Å²) in [5, 5.41) is 3.27. The van der Waals surface area contributed by atoms with E-state index in [4.69, 9.17) is 4.74 Å². The van der Waals surface area contributed by atoms with Crippen molar-refractivity contribution >= 4 is 29.3 Å². The zero-order valence-electron chi connectivity index (χ0n) is 15.4. The Bertz CT molecular complexity index is 881. The minimum Gasteiger partial charge on any atom is -0.497 e. The molecule has 5 nitrogen and oxygen atoms in total. The highest BCUT2D eigenvalue weighted by Gasteiger charge is 2.42. The summed E-state index contributed by atoms with van der Waals surface area (Å²) < 4.78 is 5.21. The highest BCUT2D eigenvalue weighted by atomic mass is 32.2. The van der Waals surface area contributed by atoms with Crippen molar-refractivity contribution in [3.8, 4) is 16.9 Å². The molecule has 2 aliphatic heterocycles. The molecule has 2 aromatic carbocycles. The van der Waals surface area contributed by atoms with Gasteiger partial charge in [0.25, 0.3) is 5.91 Å². The van der Waals surface area contributed by atoms with E-state index in [1.807, 2.05) is 54.2 Å². The van der Waals surface area contributed by atoms with Crippen LogP contribution in [0.5, 0.6) is 5.75 Å². The summed E-state index contributed by atoms with van der Waals surface area (Å²) in [4.78, 5) is 27.6. The molecule has 0 saturated carbocycles. The molecule has 0 radical (unpaired) electrons. The third kappa shape index (κ3) is 3.30. The first-order valence-electron chi connectivity index (χ1n) is 9.12. The number of carbonyl (C=O) groups excluding carboxylic acids is 2. The van der Waals surface area contributed by atoms with Crippen LogP contribution in [-0.2, 0) is 4.79 Å². The third-order valence-electron chi connectivity index (χ3n) is 5.16. The second kappa shape index (κ2) is 7.27. The Labute approximate surface area is 163 Å². The van der Waals surface area contributed by atoms with Gasteiger partial charge in [-0.15, -0.1) is 0 Å². The second-order valence-corrected chi connectivity index (χ2v) is 8.34. The largest absolute Gasteiger partial charge is 0.497 e. The normalized spacial score (nSPS) is 21.3. The zero-order valence-corrected chi connectivity index (χ0v) is 16.2. The van der Waals surface area contributed by atoms with E-state index in [0.29, 0.717) is 23.0 Å². The van der Waals surface area contributed by atoms with Crippen LogP contribution in [0.3, 0.4) is 0 Å². The molecule has 1 saturated heterocycles. The Kier molecular flexibility index (Phi) is 4.83. The summed E-state index contributed by atoms with van der Waals surface area (Å²) in [5.41, 5.74) is 3.09. The van der Waals surface area contributed by atoms with Crippen molar-refractivity contribution in [2.75, 3.05) is 24.7 Å². The Morgan fingerprint density at radius 2 is 1.89 bits per heavy atom. The van der Waals surface area contributed by atoms with Crippen LogP contribution in [-0.4, -0.2) is 47.4 Å². The van der Waals surface area contributed by atoms with Crippen molar-refractivity contribution in [3.05, 3.63) is 48.0 Å². The number of hydrogen-bond acceptors (Lipinski definition) is 4. The van der Waals surface area contributed by atoms with Gasteiger partial charge >= 0.3 is 0 Å². The SMILES string of the molecule is CCS[C@@H]1C[C@@H]2C(=O)Nc3ccc(-c4ccc(OC)cc4)cc3C(=O)N2C1. The maximum absolute atomic E-state index is 13.2. The van der Waals surface area contributed by atoms with Gasteiger partial charge in [-0.25, -0.2) is 0 Å². The molecule has 0 bridgehead atoms. The van der Waals surface area contributed by atoms with Gasteiger partial charge in [-0.05, 0) is 47.6 Å². The summed E-state index contributed by atoms with van der Waals surface area (Å²) in [6.45, 7) is 2.73. The van der Waals surface area contributed by atoms with E-state index in [1.165, 1.54) is 0 Å². The van der Waals surface area contributed by atoms with Crippen LogP contribution in [0.25, 0.3) is 11.1 Å². The van der Waals surface area contributed by atoms with Crippen molar-refractivity contribution in [2.24, 2.45) is 0 Å². The van der Waals surface area contributed by atoms with E-state index >= 15 is 0 Å². The smallest absolute Gasteiger partial charge is 0.256 e. The van der Waals surface area contributed by atoms with E-state index in [2.05, 4.69) is 12.2 Å². The van der Waals surface area contributed by atoms with Crippen LogP contribution in [0.15, 0.2) is 42.5 Å². The molecule has 0 aromatic heterocycles. The quantitative estimate of drug-likeness (QED) is 0.877. The number of thioether (sulfide) groups is 1. The zero-order chi connectivity index (χ0) is 19.0. The van der Waals surface area contributed by atoms with Gasteiger partial charge in [-0.1, -0.05) is 25.1 Å². The van der Waals surface area contributed by atoms with Crippen LogP contribution in [0.1, 0.15) is 23.7 Å². The van der Waals surface area contributed by atoms with Crippen molar-refractivity contribution in [3.63, 3.8) is 0 Å². The number of rotatable bonds is 4. The first-order chi connectivity index (χ1) is 13.1. The minimum absolute atomic E-state index is 0.0667. The van der Waals surface area contributed by atoms with Crippen molar-refractivity contribution in [2.45, 2.75) is 24.6 Å². The number of anilines is 1. The van der Waals surface area contributed by atoms with Crippen LogP contribution in [0.4, 0.5) is 5.69 Å². The monoisotopic (exact) mass is 382 g/mol. The summed E-state index contributed by atoms with van der Waals surface area (Å²) in [6.07, 6.45) is 0.718. The Morgan fingerprint density at radius 1 is 1.15 bits per heavy atom. The van der Waals surface area contributed by atoms with Crippen LogP contribution in [0.2, 0.25) is 0 Å². The molecule has 0 aliphatic carbocycles. The number of carbonyl (C=O) groups is 2. The summed E-state index contributed by atoms with van der Waals surface area (Å²) in [7, 11) is 1.63. The average molecular weight is 382 g/mol. The predicted molar refractivity (Wildman–Crippen MR) is 108 cm³/mol. The number of benzene rings is 2. The molecule has 4 rings (SSSR count). The lowest BCUT2D eigenvalue weighted by Crippen LogP contribution is -2.40. The first-order valence-corrected chi connectivity index (χ1v) is 10.2. The number of fused-ring (bicyclic) bond motifs is 2. The van der Waals surface area contributed by atoms with Gasteiger partial charge in [-0.3, -0.25) is 9.59 Å². The van der Waals surface area contributed by atoms with Gasteiger partial charge in [0.05, 0.1) is 18.4 Å². The first kappa shape index (κ1) is 17.9. The fourth-order valence-electron chi connectivity index (χ4n) is 3.79. The van der Waals surface area contributed by atoms with Crippen molar-refractivity contribution < 1.29 is 14.3 Å². The number of methoxy groups -OCH3 is 1. The van der Waals surface area contributed by atoms with E-state index in [0.717, 1.165) is 29.1 Å². The van der Waals surface area contributed by atoms with Gasteiger partial charge in [-0.2, -0.15) is 11.8 Å². The summed E-state index contributed by atoms with van der Waals surface area (Å²) in [5.74, 6) is 1.62. The second-order valence-electron chi connectivity index (χ2n) is 6.76. The van der Waals surface area contributed by atoms with E-state index in [1.54, 1.807) is 12.0 Å². The lowest BCUT2D eigenvalue weighted by atomic mass is 10.0. The molecular weight excluding hydrogens is 360 g/mol. The minimum atomic E-state index is -0.376. The highest BCUT2D eigenvalue weighted by molar-refractivity contribution is 7.99. The number of ether oxygens (including phenoxy) is 1. The molecule has 1 N–H and O–H groups in total. The van der Waals surface area contributed by atoms with Gasteiger partial charge in [0.15, 0.2) is 0 Å². The number of amides is 2. The van der Waals surface area contributed by atoms with Crippen LogP contribution < -0.4 is 10.1 Å². The van der Waals surface area contributed by atoms with Crippen LogP contribution in [0, 0.1) is 0 Å². The number of nitrogens with zero attached hydrogens (tertiary/aromatic N) is 1. The van der Waals surface area contributed by atoms with Gasteiger partial charge in [0.2, 0.25) is 5.91 Å². The standard InChI is InChI=1S/C21H22N2O3S/c1-3-27-16-11-19-20(24)22-18-9-6-14(10-17(18)21(25)23(19)12-16)13-4-7-15(26-2)8-5-13/h4-10,16,19H,3,11-12H2,1-2H3,(H,22,24)/t16-,19-/m1/s1. The maximum Gasteiger partial charge on any atom is 0.256 e. The molecule has 2 amide bonds. The Hall–Kier alpha value is -2.47. The molecule has 2 aromatic rings. The number of hydrogen-bond donors (Lipinski definition) is 1. The molecule has 2 aliphatic rings. The lowest BCUT2D eigenvalue weighted by Gasteiger charge is -2.20. The predicted octanol–water partition coefficient (Wildman–Crippen LogP) is 3.65. The molecule has 0 unspecified atom stereocenters. The molecule has 2 heterocycles. The Balaban J connectivity index is 1.68. The molecular formula is C21H22N2O3S. The van der Waals surface area contributed by atoms with Gasteiger partial charge in [0, 0.05) is 11.8 Å². The fraction of sp³-hybridized carbons (Fsp3) is 0.333. The summed E-state index contributed by atoms with van der Waals surface area (Å²) in [6, 6.07) is 13.0. The lowest BCUT2D eigenvalue weighted by molar-refractivity contribution is -0.119. The molecule has 6 heteroatoms. The molecule has 0 spiro atoms. The molecule has 140 valence electrons. The molecule has 27 heavy (non-hydrogen) atoms. The van der Waals surface area contributed by atoms with E-state index in [9.17, 15) is 9.59 Å². The fourth-order valence-corrected chi connectivity index (χ4v) is 4.85. The topological polar surface area (TPSA) is 58.6 Å². The van der Waals surface area contributed by atoms with Gasteiger partial charge < -0.3 is 15.0 Å². The third-order valence-corrected chi connectivity index (χ3v) is 6.31. The Morgan fingerprint density at radius 3 is 2.59 bits per heavy atom. The number of nitrogens with one attached hydrogen (secondary N) is 1. The van der Waals surface area contributed by atoms with E-state index < -0.39 is 0 Å². The maximum atomic E-state index is 13.2. The highest BCUT2D eigenvalue weighted by Crippen LogP contribution is 2.35. The van der Waals surface area contributed by atoms with Crippen molar-refractivity contribution in [1.82, 2.24) is 4.90 Å². The van der Waals surface area contributed by atoms with Gasteiger partial charge in [0.1, 0.15) is 11.8 Å².